The van der Waals surface area contributed by atoms with Crippen LogP contribution in [0.1, 0.15) is 36.2 Å². The van der Waals surface area contributed by atoms with Crippen LogP contribution in [0.3, 0.4) is 0 Å². The van der Waals surface area contributed by atoms with E-state index in [1.165, 1.54) is 23.1 Å². The number of halogens is 4. The number of H-pyrrole nitrogens is 1. The second kappa shape index (κ2) is 8.36. The summed E-state index contributed by atoms with van der Waals surface area (Å²) in [6.45, 7) is 9.45. The van der Waals surface area contributed by atoms with Gasteiger partial charge < -0.3 is 10.3 Å². The van der Waals surface area contributed by atoms with Crippen LogP contribution in [0.25, 0.3) is 10.9 Å². The third kappa shape index (κ3) is 4.93. The van der Waals surface area contributed by atoms with E-state index >= 15 is 0 Å². The first kappa shape index (κ1) is 21.7. The van der Waals surface area contributed by atoms with E-state index in [1.54, 1.807) is 0 Å². The molecule has 0 aliphatic rings. The van der Waals surface area contributed by atoms with E-state index in [-0.39, 0.29) is 5.41 Å². The van der Waals surface area contributed by atoms with Crippen molar-refractivity contribution >= 4 is 26.8 Å². The van der Waals surface area contributed by atoms with Crippen LogP contribution < -0.4 is 5.32 Å². The molecule has 1 aromatic heterocycles. The number of benzene rings is 2. The van der Waals surface area contributed by atoms with E-state index in [0.717, 1.165) is 39.8 Å². The Morgan fingerprint density at radius 3 is 2.41 bits per heavy atom. The maximum absolute atomic E-state index is 12.7. The summed E-state index contributed by atoms with van der Waals surface area (Å²) in [6.07, 6.45) is -1.56. The third-order valence-corrected chi connectivity index (χ3v) is 5.68. The lowest BCUT2D eigenvalue weighted by molar-refractivity contribution is -0.137. The highest BCUT2D eigenvalue weighted by Gasteiger charge is 2.30. The minimum atomic E-state index is -4.30. The van der Waals surface area contributed by atoms with Crippen molar-refractivity contribution in [2.24, 2.45) is 0 Å². The molecule has 0 radical (unpaired) electrons. The zero-order chi connectivity index (χ0) is 21.2. The fourth-order valence-corrected chi connectivity index (χ4v) is 3.76. The quantitative estimate of drug-likeness (QED) is 0.293. The molecule has 0 fully saturated rings. The van der Waals surface area contributed by atoms with Gasteiger partial charge in [-0.2, -0.15) is 13.2 Å². The van der Waals surface area contributed by atoms with Gasteiger partial charge in [0.05, 0.1) is 5.56 Å². The van der Waals surface area contributed by atoms with Crippen molar-refractivity contribution in [1.29, 1.82) is 0 Å². The topological polar surface area (TPSA) is 27.8 Å². The van der Waals surface area contributed by atoms with Gasteiger partial charge in [-0.25, -0.2) is 0 Å². The summed E-state index contributed by atoms with van der Waals surface area (Å²) in [7, 11) is 0. The second-order valence-corrected chi connectivity index (χ2v) is 8.63. The maximum Gasteiger partial charge on any atom is 0.416 e. The maximum atomic E-state index is 12.7. The van der Waals surface area contributed by atoms with E-state index in [1.807, 2.05) is 12.1 Å². The molecule has 154 valence electrons. The van der Waals surface area contributed by atoms with Gasteiger partial charge in [0.1, 0.15) is 0 Å². The Morgan fingerprint density at radius 1 is 1.10 bits per heavy atom. The highest BCUT2D eigenvalue weighted by atomic mass is 79.9. The molecule has 0 aliphatic heterocycles. The molecule has 3 aromatic rings. The van der Waals surface area contributed by atoms with Gasteiger partial charge in [-0.3, -0.25) is 0 Å². The zero-order valence-corrected chi connectivity index (χ0v) is 18.0. The lowest BCUT2D eigenvalue weighted by Gasteiger charge is -2.21. The smallest absolute Gasteiger partial charge is 0.357 e. The van der Waals surface area contributed by atoms with Crippen molar-refractivity contribution in [3.63, 3.8) is 0 Å². The molecule has 2 nitrogen and oxygen atoms in total. The van der Waals surface area contributed by atoms with Crippen LogP contribution in [0.4, 0.5) is 13.2 Å². The third-order valence-electron chi connectivity index (χ3n) is 5.18. The van der Waals surface area contributed by atoms with Crippen LogP contribution in [0.2, 0.25) is 0 Å². The van der Waals surface area contributed by atoms with Crippen molar-refractivity contribution in [3.8, 4) is 0 Å². The van der Waals surface area contributed by atoms with Gasteiger partial charge in [0, 0.05) is 33.0 Å². The Hall–Kier alpha value is -2.05. The van der Waals surface area contributed by atoms with E-state index in [2.05, 4.69) is 58.8 Å². The normalized spacial score (nSPS) is 12.5. The average molecular weight is 465 g/mol. The van der Waals surface area contributed by atoms with Crippen molar-refractivity contribution in [2.75, 3.05) is 6.54 Å². The van der Waals surface area contributed by atoms with E-state index in [9.17, 15) is 13.2 Å². The van der Waals surface area contributed by atoms with Gasteiger partial charge >= 0.3 is 6.18 Å². The standard InChI is InChI=1S/C23H24BrF3N2/c1-4-22(2,3)21-19(18-10-9-17(24)13-20(18)29-21)11-12-28-14-15-5-7-16(8-6-15)23(25,26)27/h4-10,13,28-29H,1,11-12,14H2,2-3H3. The van der Waals surface area contributed by atoms with Gasteiger partial charge in [-0.05, 0) is 48.4 Å². The fraction of sp³-hybridized carbons (Fsp3) is 0.304. The monoisotopic (exact) mass is 464 g/mol. The number of allylic oxidation sites excluding steroid dienone is 1. The molecule has 1 heterocycles. The number of fused-ring (bicyclic) bond motifs is 1. The molecule has 6 heteroatoms. The molecule has 0 spiro atoms. The van der Waals surface area contributed by atoms with Crippen LogP contribution >= 0.6 is 15.9 Å². The minimum absolute atomic E-state index is 0.200. The first-order chi connectivity index (χ1) is 13.6. The number of hydrogen-bond acceptors (Lipinski definition) is 1. The average Bonchev–Trinajstić information content (AvgIpc) is 3.03. The number of alkyl halides is 3. The summed E-state index contributed by atoms with van der Waals surface area (Å²) < 4.78 is 39.0. The van der Waals surface area contributed by atoms with Crippen LogP contribution in [-0.4, -0.2) is 11.5 Å². The van der Waals surface area contributed by atoms with Gasteiger partial charge in [-0.1, -0.05) is 54.1 Å². The van der Waals surface area contributed by atoms with E-state index in [0.29, 0.717) is 13.1 Å². The summed E-state index contributed by atoms with van der Waals surface area (Å²) in [4.78, 5) is 3.54. The van der Waals surface area contributed by atoms with Crippen LogP contribution in [-0.2, 0) is 24.6 Å². The molecule has 29 heavy (non-hydrogen) atoms. The Labute approximate surface area is 177 Å². The predicted octanol–water partition coefficient (Wildman–Crippen LogP) is 6.75. The Morgan fingerprint density at radius 2 is 1.79 bits per heavy atom. The second-order valence-electron chi connectivity index (χ2n) is 7.72. The Kier molecular flexibility index (Phi) is 6.24. The molecular formula is C23H24BrF3N2. The fourth-order valence-electron chi connectivity index (χ4n) is 3.40. The van der Waals surface area contributed by atoms with Gasteiger partial charge in [0.25, 0.3) is 0 Å². The molecule has 2 N–H and O–H groups in total. The zero-order valence-electron chi connectivity index (χ0n) is 16.5. The summed E-state index contributed by atoms with van der Waals surface area (Å²) in [5, 5.41) is 4.52. The molecule has 2 aromatic carbocycles. The highest BCUT2D eigenvalue weighted by Crippen LogP contribution is 2.34. The molecule has 3 rings (SSSR count). The first-order valence-corrected chi connectivity index (χ1v) is 10.2. The Balaban J connectivity index is 1.72. The van der Waals surface area contributed by atoms with Crippen LogP contribution in [0, 0.1) is 0 Å². The van der Waals surface area contributed by atoms with Gasteiger partial charge in [0.15, 0.2) is 0 Å². The summed E-state index contributed by atoms with van der Waals surface area (Å²) in [6, 6.07) is 11.5. The Bertz CT molecular complexity index is 1000. The predicted molar refractivity (Wildman–Crippen MR) is 116 cm³/mol. The molecule has 0 saturated heterocycles. The van der Waals surface area contributed by atoms with E-state index in [4.69, 9.17) is 0 Å². The number of rotatable bonds is 7. The summed E-state index contributed by atoms with van der Waals surface area (Å²) in [5.74, 6) is 0. The highest BCUT2D eigenvalue weighted by molar-refractivity contribution is 9.10. The number of aromatic amines is 1. The SMILES string of the molecule is C=CC(C)(C)c1[nH]c2cc(Br)ccc2c1CCNCc1ccc(C(F)(F)F)cc1. The number of nitrogens with one attached hydrogen (secondary N) is 2. The molecule has 0 bridgehead atoms. The van der Waals surface area contributed by atoms with Crippen molar-refractivity contribution in [3.05, 3.63) is 82.0 Å². The lowest BCUT2D eigenvalue weighted by Crippen LogP contribution is -2.20. The molecule has 0 unspecified atom stereocenters. The number of aromatic nitrogens is 1. The molecule has 0 amide bonds. The molecule has 0 atom stereocenters. The van der Waals surface area contributed by atoms with Gasteiger partial charge in [-0.15, -0.1) is 6.58 Å². The van der Waals surface area contributed by atoms with Gasteiger partial charge in [0.2, 0.25) is 0 Å². The first-order valence-electron chi connectivity index (χ1n) is 9.43. The summed E-state index contributed by atoms with van der Waals surface area (Å²) in [5.41, 5.74) is 3.44. The minimum Gasteiger partial charge on any atom is -0.357 e. The van der Waals surface area contributed by atoms with Crippen molar-refractivity contribution in [1.82, 2.24) is 10.3 Å². The van der Waals surface area contributed by atoms with E-state index < -0.39 is 11.7 Å². The van der Waals surface area contributed by atoms with Crippen molar-refractivity contribution < 1.29 is 13.2 Å². The molecular weight excluding hydrogens is 441 g/mol. The molecule has 0 aliphatic carbocycles. The number of hydrogen-bond donors (Lipinski definition) is 2. The largest absolute Gasteiger partial charge is 0.416 e. The van der Waals surface area contributed by atoms with Crippen molar-refractivity contribution in [2.45, 2.75) is 38.4 Å². The summed E-state index contributed by atoms with van der Waals surface area (Å²) >= 11 is 3.52. The van der Waals surface area contributed by atoms with Crippen LogP contribution in [0.5, 0.6) is 0 Å². The lowest BCUT2D eigenvalue weighted by atomic mass is 9.86. The molecule has 0 saturated carbocycles. The van der Waals surface area contributed by atoms with Crippen LogP contribution in [0.15, 0.2) is 59.6 Å².